The van der Waals surface area contributed by atoms with Gasteiger partial charge in [-0.3, -0.25) is 0 Å². The van der Waals surface area contributed by atoms with Crippen LogP contribution in [0.25, 0.3) is 77.6 Å². The molecule has 0 aliphatic carbocycles. The second-order valence-electron chi connectivity index (χ2n) is 14.1. The minimum atomic E-state index is 0.870. The minimum Gasteiger partial charge on any atom is -0.456 e. The lowest BCUT2D eigenvalue weighted by Crippen LogP contribution is -2.12. The number of fused-ring (bicyclic) bond motifs is 3. The second kappa shape index (κ2) is 14.4. The van der Waals surface area contributed by atoms with Crippen molar-refractivity contribution < 1.29 is 4.42 Å². The highest BCUT2D eigenvalue weighted by molar-refractivity contribution is 6.07. The van der Waals surface area contributed by atoms with Crippen LogP contribution in [0.3, 0.4) is 0 Å². The number of anilines is 3. The lowest BCUT2D eigenvalue weighted by atomic mass is 9.88. The fourth-order valence-electron chi connectivity index (χ4n) is 8.05. The van der Waals surface area contributed by atoms with E-state index in [1.54, 1.807) is 0 Å². The third-order valence-electron chi connectivity index (χ3n) is 10.7. The zero-order valence-electron chi connectivity index (χ0n) is 30.7. The number of furan rings is 1. The van der Waals surface area contributed by atoms with Crippen LogP contribution < -0.4 is 4.90 Å². The predicted octanol–water partition coefficient (Wildman–Crippen LogP) is 15.4. The summed E-state index contributed by atoms with van der Waals surface area (Å²) >= 11 is 0. The average Bonchev–Trinajstić information content (AvgIpc) is 3.66. The van der Waals surface area contributed by atoms with Crippen LogP contribution in [0, 0.1) is 0 Å². The van der Waals surface area contributed by atoms with E-state index in [1.807, 2.05) is 12.1 Å². The number of hydrogen-bond acceptors (Lipinski definition) is 2. The Hall–Kier alpha value is -7.42. The number of rotatable bonds is 8. The van der Waals surface area contributed by atoms with Crippen LogP contribution in [-0.4, -0.2) is 0 Å². The molecular weight excluding hydrogens is 679 g/mol. The van der Waals surface area contributed by atoms with E-state index in [4.69, 9.17) is 4.42 Å². The van der Waals surface area contributed by atoms with Crippen molar-refractivity contribution in [2.24, 2.45) is 0 Å². The van der Waals surface area contributed by atoms with Gasteiger partial charge < -0.3 is 9.32 Å². The van der Waals surface area contributed by atoms with E-state index in [9.17, 15) is 0 Å². The third-order valence-corrected chi connectivity index (χ3v) is 10.7. The summed E-state index contributed by atoms with van der Waals surface area (Å²) in [7, 11) is 0. The standard InChI is InChI=1S/C54H37NO/c1-4-18-38(19-5-1)41-34-42(39-20-6-2-7-21-39)36-44(35-41)55(43-32-33-54-51(37-43)50-29-15-17-31-53(50)56-54)52-30-16-14-28-49(52)48-27-13-12-26-47(48)46-25-11-10-24-45(46)40-22-8-3-9-23-40/h1-37H. The van der Waals surface area contributed by atoms with E-state index in [0.717, 1.165) is 61.3 Å². The summed E-state index contributed by atoms with van der Waals surface area (Å²) in [6.45, 7) is 0. The van der Waals surface area contributed by atoms with Gasteiger partial charge in [0.2, 0.25) is 0 Å². The fourth-order valence-corrected chi connectivity index (χ4v) is 8.05. The number of hydrogen-bond donors (Lipinski definition) is 0. The van der Waals surface area contributed by atoms with E-state index in [0.29, 0.717) is 0 Å². The number of nitrogens with zero attached hydrogens (tertiary/aromatic N) is 1. The van der Waals surface area contributed by atoms with Crippen LogP contribution in [0.15, 0.2) is 229 Å². The van der Waals surface area contributed by atoms with Gasteiger partial charge in [-0.25, -0.2) is 0 Å². The highest BCUT2D eigenvalue weighted by atomic mass is 16.3. The third kappa shape index (κ3) is 6.14. The molecule has 2 nitrogen and oxygen atoms in total. The molecule has 0 unspecified atom stereocenters. The molecule has 0 aliphatic heterocycles. The Morgan fingerprint density at radius 1 is 0.268 bits per heavy atom. The first-order valence-corrected chi connectivity index (χ1v) is 19.1. The smallest absolute Gasteiger partial charge is 0.135 e. The highest BCUT2D eigenvalue weighted by Crippen LogP contribution is 2.47. The summed E-state index contributed by atoms with van der Waals surface area (Å²) in [5.41, 5.74) is 16.6. The Bertz CT molecular complexity index is 2910. The Labute approximate surface area is 327 Å². The van der Waals surface area contributed by atoms with Crippen LogP contribution >= 0.6 is 0 Å². The molecule has 0 radical (unpaired) electrons. The Balaban J connectivity index is 1.24. The molecule has 9 aromatic carbocycles. The van der Waals surface area contributed by atoms with Crippen LogP contribution in [-0.2, 0) is 0 Å². The van der Waals surface area contributed by atoms with Crippen LogP contribution in [0.2, 0.25) is 0 Å². The van der Waals surface area contributed by atoms with Gasteiger partial charge in [0.25, 0.3) is 0 Å². The zero-order valence-corrected chi connectivity index (χ0v) is 30.7. The van der Waals surface area contributed by atoms with Crippen molar-refractivity contribution in [1.82, 2.24) is 0 Å². The van der Waals surface area contributed by atoms with Gasteiger partial charge in [-0.2, -0.15) is 0 Å². The van der Waals surface area contributed by atoms with Gasteiger partial charge in [0.1, 0.15) is 11.2 Å². The van der Waals surface area contributed by atoms with Gasteiger partial charge in [0, 0.05) is 27.7 Å². The number of para-hydroxylation sites is 2. The Morgan fingerprint density at radius 2 is 0.732 bits per heavy atom. The van der Waals surface area contributed by atoms with Crippen molar-refractivity contribution in [3.8, 4) is 55.6 Å². The monoisotopic (exact) mass is 715 g/mol. The molecule has 0 saturated carbocycles. The highest BCUT2D eigenvalue weighted by Gasteiger charge is 2.22. The first-order chi connectivity index (χ1) is 27.8. The molecule has 0 fully saturated rings. The molecule has 1 heterocycles. The lowest BCUT2D eigenvalue weighted by Gasteiger charge is -2.29. The SMILES string of the molecule is c1ccc(-c2cc(-c3ccccc3)cc(N(c3ccc4oc5ccccc5c4c3)c3ccccc3-c3ccccc3-c3ccccc3-c3ccccc3)c2)cc1. The average molecular weight is 716 g/mol. The van der Waals surface area contributed by atoms with Crippen LogP contribution in [0.1, 0.15) is 0 Å². The van der Waals surface area contributed by atoms with E-state index < -0.39 is 0 Å². The van der Waals surface area contributed by atoms with Gasteiger partial charge >= 0.3 is 0 Å². The summed E-state index contributed by atoms with van der Waals surface area (Å²) in [5, 5.41) is 2.18. The Kier molecular flexibility index (Phi) is 8.55. The maximum atomic E-state index is 6.34. The lowest BCUT2D eigenvalue weighted by molar-refractivity contribution is 0.669. The van der Waals surface area contributed by atoms with Crippen molar-refractivity contribution in [2.75, 3.05) is 4.90 Å². The summed E-state index contributed by atoms with van der Waals surface area (Å²) in [4.78, 5) is 2.43. The minimum absolute atomic E-state index is 0.870. The molecule has 0 N–H and O–H groups in total. The van der Waals surface area contributed by atoms with E-state index in [1.165, 1.54) is 33.4 Å². The largest absolute Gasteiger partial charge is 0.456 e. The molecule has 0 amide bonds. The Morgan fingerprint density at radius 3 is 1.38 bits per heavy atom. The van der Waals surface area contributed by atoms with Crippen molar-refractivity contribution in [1.29, 1.82) is 0 Å². The second-order valence-corrected chi connectivity index (χ2v) is 14.1. The van der Waals surface area contributed by atoms with Gasteiger partial charge in [-0.1, -0.05) is 176 Å². The van der Waals surface area contributed by atoms with Crippen molar-refractivity contribution in [3.05, 3.63) is 224 Å². The summed E-state index contributed by atoms with van der Waals surface area (Å²) in [5.74, 6) is 0. The summed E-state index contributed by atoms with van der Waals surface area (Å²) in [6.07, 6.45) is 0. The fraction of sp³-hybridized carbons (Fsp3) is 0. The molecule has 10 rings (SSSR count). The first-order valence-electron chi connectivity index (χ1n) is 19.1. The van der Waals surface area contributed by atoms with Crippen molar-refractivity contribution in [3.63, 3.8) is 0 Å². The zero-order chi connectivity index (χ0) is 37.3. The maximum absolute atomic E-state index is 6.34. The normalized spacial score (nSPS) is 11.2. The predicted molar refractivity (Wildman–Crippen MR) is 236 cm³/mol. The molecule has 0 saturated heterocycles. The van der Waals surface area contributed by atoms with E-state index >= 15 is 0 Å². The quantitative estimate of drug-likeness (QED) is 0.156. The van der Waals surface area contributed by atoms with Crippen LogP contribution in [0.4, 0.5) is 17.1 Å². The first kappa shape index (κ1) is 33.2. The van der Waals surface area contributed by atoms with Gasteiger partial charge in [0.05, 0.1) is 5.69 Å². The molecule has 264 valence electrons. The topological polar surface area (TPSA) is 16.4 Å². The molecule has 56 heavy (non-hydrogen) atoms. The van der Waals surface area contributed by atoms with Crippen LogP contribution in [0.5, 0.6) is 0 Å². The number of benzene rings is 9. The van der Waals surface area contributed by atoms with Crippen molar-refractivity contribution in [2.45, 2.75) is 0 Å². The molecule has 0 bridgehead atoms. The van der Waals surface area contributed by atoms with E-state index in [2.05, 4.69) is 217 Å². The van der Waals surface area contributed by atoms with Gasteiger partial charge in [-0.15, -0.1) is 0 Å². The van der Waals surface area contributed by atoms with Crippen molar-refractivity contribution >= 4 is 39.0 Å². The molecule has 0 atom stereocenters. The summed E-state index contributed by atoms with van der Waals surface area (Å²) in [6, 6.07) is 80.3. The molecule has 1 aromatic heterocycles. The molecular formula is C54H37NO. The summed E-state index contributed by atoms with van der Waals surface area (Å²) < 4.78 is 6.34. The maximum Gasteiger partial charge on any atom is 0.135 e. The molecule has 0 spiro atoms. The molecule has 2 heteroatoms. The molecule has 0 aliphatic rings. The van der Waals surface area contributed by atoms with Gasteiger partial charge in [0.15, 0.2) is 0 Å². The molecule has 10 aromatic rings. The van der Waals surface area contributed by atoms with E-state index in [-0.39, 0.29) is 0 Å². The van der Waals surface area contributed by atoms with Gasteiger partial charge in [-0.05, 0) is 98.6 Å².